The summed E-state index contributed by atoms with van der Waals surface area (Å²) in [5.41, 5.74) is 4.96. The number of ether oxygens (including phenoxy) is 10. The highest BCUT2D eigenvalue weighted by atomic mass is 35.5. The van der Waals surface area contributed by atoms with Gasteiger partial charge in [-0.1, -0.05) is 90.8 Å². The molecule has 678 valence electrons. The molecule has 30 heteroatoms. The van der Waals surface area contributed by atoms with E-state index in [0.717, 1.165) is 22.4 Å². The molecule has 0 aromatic heterocycles. The van der Waals surface area contributed by atoms with Crippen LogP contribution in [0.5, 0.6) is 0 Å². The molecule has 6 aliphatic heterocycles. The number of nitrogens with zero attached hydrogens (tertiary/aromatic N) is 4. The Hall–Kier alpha value is -5.16. The predicted octanol–water partition coefficient (Wildman–Crippen LogP) is 9.82. The predicted molar refractivity (Wildman–Crippen MR) is 451 cm³/mol. The first-order valence-electron chi connectivity index (χ1n) is 43.5. The average molecular weight is 1700 g/mol. The number of Topliss-reactive ketones (excluding diaryl/α,β-unsaturated/α-hetero) is 3. The fourth-order valence-electron chi connectivity index (χ4n) is 19.1. The fraction of sp³-hybridized carbons (Fsp3) is 0.809. The number of fused-ring (bicyclic) bond motifs is 6. The number of carbonyl (C=O) groups is 7. The molecule has 0 aromatic rings. The molecule has 0 aromatic carbocycles. The van der Waals surface area contributed by atoms with E-state index in [9.17, 15) is 64.2 Å². The minimum atomic E-state index is -2.50. The summed E-state index contributed by atoms with van der Waals surface area (Å²) in [7, 11) is 9.32. The number of hydrogen-bond acceptors (Lipinski definition) is 27. The summed E-state index contributed by atoms with van der Waals surface area (Å²) in [6.45, 7) is 26.7. The Kier molecular flexibility index (Phi) is 41.7. The summed E-state index contributed by atoms with van der Waals surface area (Å²) < 4.78 is 59.8. The van der Waals surface area contributed by atoms with Gasteiger partial charge in [-0.3, -0.25) is 29.8 Å². The number of esters is 2. The maximum Gasteiger partial charge on any atom is 0.329 e. The maximum absolute atomic E-state index is 14.5. The molecule has 2 amide bonds. The van der Waals surface area contributed by atoms with E-state index >= 15 is 0 Å². The standard InChI is InChI=1S/C46H75N3O11.C43H69NO12.ClH3N2/c1-12-33-20-27(4)19-28(5)21-39(57-10)42-40(58-11)23-30(7)46(55,60-42)43(52)44(53)49-18-14-13-15-35(49)45(54)59-41(31(8)37(51)25-34(33)48-47-26(2)3)29(6)22-32-16-17-36(50)38(24-32)56-9;1-10-30-18-24(2)17-25(3)19-36(53-8)39-37(54-9)21-27(5)43(51,56-39)40(48)41(49)44-16-12-11-13-31(44)42(50)55-38(28(6)33(46)23-34(30)47)26(4)20-29-14-15-32(45)35(22-29)52-7;1-3-2/h20,22,28,30-33,35-42,50-51,55H,12-19,21,23-25H2,1-11H3;18,20,25,27-33,35-39,45-46,51H,10-17,19,21-23H2,1-9H3;3H,2H2/b27-20+,29-22+,48-34?;24-18+,26-20+;/t28-,30+,31+,32-,33+,35-,36+,37-,38+,39-,40-,41+,42+,46+;25-,27+,28+,29-,30+,31-,32+,33-,35+,36-,37-,38+,39+,43+;/m00./s1. The van der Waals surface area contributed by atoms with Crippen molar-refractivity contribution in [2.24, 2.45) is 75.2 Å². The first-order chi connectivity index (χ1) is 56.3. The second-order valence-corrected chi connectivity index (χ2v) is 35.8. The zero-order valence-corrected chi connectivity index (χ0v) is 75.4. The summed E-state index contributed by atoms with van der Waals surface area (Å²) in [6.07, 6.45) is 8.69. The molecular weight excluding hydrogens is 1560 g/mol. The lowest BCUT2D eigenvalue weighted by Crippen LogP contribution is -2.64. The Bertz CT molecular complexity index is 3500. The Labute approximate surface area is 712 Å². The van der Waals surface area contributed by atoms with Crippen molar-refractivity contribution in [3.05, 3.63) is 46.6 Å². The molecule has 8 rings (SSSR count). The van der Waals surface area contributed by atoms with Gasteiger partial charge in [0.1, 0.15) is 42.3 Å². The highest BCUT2D eigenvalue weighted by Gasteiger charge is 2.59. The van der Waals surface area contributed by atoms with Gasteiger partial charge in [-0.25, -0.2) is 9.59 Å². The van der Waals surface area contributed by atoms with Gasteiger partial charge in [0.25, 0.3) is 23.4 Å². The van der Waals surface area contributed by atoms with Crippen LogP contribution < -0.4 is 10.8 Å². The van der Waals surface area contributed by atoms with Gasteiger partial charge in [0.2, 0.25) is 11.6 Å². The smallest absolute Gasteiger partial charge is 0.329 e. The summed E-state index contributed by atoms with van der Waals surface area (Å²) in [6, 6.07) is -2.24. The largest absolute Gasteiger partial charge is 0.456 e. The van der Waals surface area contributed by atoms with Crippen LogP contribution in [0.2, 0.25) is 0 Å². The number of nitrogens with one attached hydrogen (secondary N) is 1. The molecule has 4 bridgehead atoms. The van der Waals surface area contributed by atoms with Crippen molar-refractivity contribution < 1.29 is 112 Å². The van der Waals surface area contributed by atoms with E-state index in [2.05, 4.69) is 56.5 Å². The van der Waals surface area contributed by atoms with Gasteiger partial charge in [0, 0.05) is 116 Å². The lowest BCUT2D eigenvalue weighted by Gasteiger charge is -2.47. The van der Waals surface area contributed by atoms with E-state index in [-0.39, 0.29) is 99.2 Å². The molecule has 29 nitrogen and oxygen atoms in total. The Balaban J connectivity index is 0.000000358. The molecule has 6 heterocycles. The Morgan fingerprint density at radius 3 is 1.24 bits per heavy atom. The summed E-state index contributed by atoms with van der Waals surface area (Å²) in [5, 5.41) is 77.9. The minimum absolute atomic E-state index is 0.000914. The van der Waals surface area contributed by atoms with Gasteiger partial charge in [0.15, 0.2) is 0 Å². The van der Waals surface area contributed by atoms with Crippen molar-refractivity contribution >= 4 is 64.3 Å². The maximum atomic E-state index is 14.5. The number of allylic oxidation sites excluding steroid dienone is 6. The van der Waals surface area contributed by atoms with E-state index in [1.807, 2.05) is 66.7 Å². The number of carbonyl (C=O) groups excluding carboxylic acids is 7. The quantitative estimate of drug-likeness (QED) is 0.0162. The second-order valence-electron chi connectivity index (χ2n) is 35.6. The number of nitrogens with two attached hydrogens (primary N) is 1. The zero-order valence-electron chi connectivity index (χ0n) is 74.7. The van der Waals surface area contributed by atoms with Gasteiger partial charge in [0.05, 0.1) is 61.0 Å². The third-order valence-electron chi connectivity index (χ3n) is 26.2. The SMILES string of the molecule is CC[C@@H]1/C=C(\C)C[C@H](C)C[C@H](OC)[C@H]2O[C@@](O)(C(=O)C(=O)N3CCCC[C@H]3C(=O)O[C@H](/C(C)=C/[C@@H]3CC[C@@H](O)[C@H](OC)C3)[C@H](C)[C@@H](O)CC1=NN=C(C)C)[C@H](C)C[C@@H]2OC.CC[C@@H]1/C=C(\C)C[C@H](C)C[C@H](OC)[C@H]2O[C@@](O)(C(=O)C(=O)N3CCCC[C@H]3C(=O)O[C@H](/C(C)=C/[C@@H]3CC[C@@H](O)[C@H](OC)C3)[C@H](C)[C@@H](O)CC1=O)[C@H](C)C[C@@H]2OC.NNCl. The molecule has 0 unspecified atom stereocenters. The van der Waals surface area contributed by atoms with Crippen molar-refractivity contribution in [3.63, 3.8) is 0 Å². The molecule has 0 spiro atoms. The number of ketones is 3. The van der Waals surface area contributed by atoms with Gasteiger partial charge >= 0.3 is 11.9 Å². The van der Waals surface area contributed by atoms with Crippen molar-refractivity contribution in [3.8, 4) is 0 Å². The number of aliphatic hydroxyl groups is 6. The first-order valence-corrected chi connectivity index (χ1v) is 43.9. The number of cyclic esters (lactones) is 2. The van der Waals surface area contributed by atoms with E-state index in [1.54, 1.807) is 54.2 Å². The summed E-state index contributed by atoms with van der Waals surface area (Å²) >= 11 is 4.53. The molecule has 9 N–H and O–H groups in total. The van der Waals surface area contributed by atoms with Crippen molar-refractivity contribution in [1.29, 1.82) is 0 Å². The highest BCUT2D eigenvalue weighted by molar-refractivity contribution is 6.39. The van der Waals surface area contributed by atoms with Crippen LogP contribution in [-0.4, -0.2) is 258 Å². The average Bonchev–Trinajstić information content (AvgIpc) is 0.872. The second kappa shape index (κ2) is 48.4. The lowest BCUT2D eigenvalue weighted by atomic mass is 9.81. The van der Waals surface area contributed by atoms with E-state index in [0.29, 0.717) is 114 Å². The Morgan fingerprint density at radius 1 is 0.521 bits per heavy atom. The summed E-state index contributed by atoms with van der Waals surface area (Å²) in [4.78, 5) is 104. The molecule has 0 radical (unpaired) electrons. The van der Waals surface area contributed by atoms with Crippen LogP contribution in [0.15, 0.2) is 56.8 Å². The monoisotopic (exact) mass is 1700 g/mol. The van der Waals surface area contributed by atoms with Crippen molar-refractivity contribution in [1.82, 2.24) is 14.7 Å². The van der Waals surface area contributed by atoms with Gasteiger partial charge in [-0.15, -0.1) is 0 Å². The zero-order chi connectivity index (χ0) is 88.7. The molecular formula is C89H147ClN6O23. The fourth-order valence-corrected chi connectivity index (χ4v) is 19.1. The van der Waals surface area contributed by atoms with Gasteiger partial charge in [-0.05, 0) is 217 Å². The molecule has 119 heavy (non-hydrogen) atoms. The highest BCUT2D eigenvalue weighted by Crippen LogP contribution is 2.43. The number of halogens is 1. The Morgan fingerprint density at radius 2 is 0.882 bits per heavy atom. The van der Waals surface area contributed by atoms with Crippen LogP contribution in [0.1, 0.15) is 238 Å². The molecule has 2 aliphatic carbocycles. The van der Waals surface area contributed by atoms with Crippen LogP contribution in [0.3, 0.4) is 0 Å². The van der Waals surface area contributed by atoms with E-state index in [1.165, 1.54) is 24.0 Å². The number of methoxy groups -OCH3 is 6. The number of piperidine rings is 2. The normalized spacial score (nSPS) is 40.0. The minimum Gasteiger partial charge on any atom is -0.456 e. The van der Waals surface area contributed by atoms with E-state index in [4.69, 9.17) is 52.5 Å². The third kappa shape index (κ3) is 27.2. The van der Waals surface area contributed by atoms with Gasteiger partial charge < -0.3 is 87.8 Å². The molecule has 4 saturated heterocycles. The number of hydrazine groups is 1. The number of amides is 2. The third-order valence-corrected chi connectivity index (χ3v) is 26.2. The number of aliphatic hydroxyl groups excluding tert-OH is 4. The van der Waals surface area contributed by atoms with Crippen LogP contribution in [0.25, 0.3) is 0 Å². The molecule has 28 atom stereocenters. The molecule has 8 aliphatic rings. The first kappa shape index (κ1) is 103. The number of rotatable bonds is 13. The van der Waals surface area contributed by atoms with Crippen LogP contribution in [-0.2, 0) is 80.9 Å². The summed E-state index contributed by atoms with van der Waals surface area (Å²) in [5.74, 6) is -9.98. The van der Waals surface area contributed by atoms with Crippen LogP contribution in [0, 0.1) is 59.2 Å². The molecule has 2 saturated carbocycles. The topological polar surface area (TPSA) is 402 Å². The van der Waals surface area contributed by atoms with Crippen molar-refractivity contribution in [2.45, 2.75) is 347 Å². The van der Waals surface area contributed by atoms with Crippen LogP contribution in [0.4, 0.5) is 0 Å². The number of hydrogen-bond donors (Lipinski definition) is 8. The van der Waals surface area contributed by atoms with Crippen molar-refractivity contribution in [2.75, 3.05) is 55.7 Å². The molecule has 6 fully saturated rings. The lowest BCUT2D eigenvalue weighted by molar-refractivity contribution is -0.302. The van der Waals surface area contributed by atoms with Gasteiger partial charge in [-0.2, -0.15) is 15.1 Å². The van der Waals surface area contributed by atoms with E-state index < -0.39 is 162 Å². The van der Waals surface area contributed by atoms with Crippen LogP contribution >= 0.6 is 11.8 Å².